The summed E-state index contributed by atoms with van der Waals surface area (Å²) in [6, 6.07) is 3.70. The second-order valence-electron chi connectivity index (χ2n) is 7.41. The van der Waals surface area contributed by atoms with E-state index in [1.54, 1.807) is 0 Å². The Morgan fingerprint density at radius 3 is 1.71 bits per heavy atom. The third kappa shape index (κ3) is 5.03. The van der Waals surface area contributed by atoms with Crippen molar-refractivity contribution in [2.24, 2.45) is 0 Å². The molecule has 0 heterocycles. The van der Waals surface area contributed by atoms with Gasteiger partial charge >= 0.3 is 41.8 Å². The lowest BCUT2D eigenvalue weighted by atomic mass is 9.83. The highest BCUT2D eigenvalue weighted by atomic mass is 19.4. The predicted molar refractivity (Wildman–Crippen MR) is 92.2 cm³/mol. The van der Waals surface area contributed by atoms with Crippen LogP contribution in [-0.2, 0) is 15.1 Å². The van der Waals surface area contributed by atoms with Crippen molar-refractivity contribution in [1.29, 1.82) is 0 Å². The average Bonchev–Trinajstić information content (AvgIpc) is 2.72. The van der Waals surface area contributed by atoms with Crippen LogP contribution in [0.1, 0.15) is 36.2 Å². The van der Waals surface area contributed by atoms with Crippen LogP contribution >= 0.6 is 0 Å². The van der Waals surface area contributed by atoms with E-state index in [4.69, 9.17) is 0 Å². The molecule has 0 saturated carbocycles. The fourth-order valence-corrected chi connectivity index (χ4v) is 2.82. The zero-order valence-electron chi connectivity index (χ0n) is 17.9. The van der Waals surface area contributed by atoms with E-state index in [1.807, 2.05) is 0 Å². The third-order valence-corrected chi connectivity index (χ3v) is 4.99. The van der Waals surface area contributed by atoms with Crippen molar-refractivity contribution in [3.8, 4) is 0 Å². The van der Waals surface area contributed by atoms with Crippen LogP contribution in [0.3, 0.4) is 0 Å². The lowest BCUT2D eigenvalue weighted by molar-refractivity contribution is -0.441. The Labute approximate surface area is 189 Å². The normalized spacial score (nSPS) is 16.1. The van der Waals surface area contributed by atoms with Gasteiger partial charge in [0, 0.05) is 7.11 Å². The Bertz CT molecular complexity index is 911. The molecule has 0 aliphatic heterocycles. The first-order valence-electron chi connectivity index (χ1n) is 9.25. The molecule has 1 aromatic carbocycles. The van der Waals surface area contributed by atoms with E-state index in [2.05, 4.69) is 9.47 Å². The molecule has 3 nitrogen and oxygen atoms in total. The van der Waals surface area contributed by atoms with Crippen molar-refractivity contribution in [3.63, 3.8) is 0 Å². The number of hydrogen-bond donors (Lipinski definition) is 0. The van der Waals surface area contributed by atoms with Gasteiger partial charge in [-0.05, 0) is 31.5 Å². The number of methoxy groups -OCH3 is 1. The van der Waals surface area contributed by atoms with Gasteiger partial charge in [-0.15, -0.1) is 0 Å². The maximum absolute atomic E-state index is 14.4. The van der Waals surface area contributed by atoms with Crippen LogP contribution in [0.2, 0.25) is 0 Å². The van der Waals surface area contributed by atoms with E-state index in [1.165, 1.54) is 6.92 Å². The fourth-order valence-electron chi connectivity index (χ4n) is 2.82. The van der Waals surface area contributed by atoms with Gasteiger partial charge < -0.3 is 9.47 Å². The maximum Gasteiger partial charge on any atom is 0.460 e. The van der Waals surface area contributed by atoms with Gasteiger partial charge in [0.2, 0.25) is 0 Å². The van der Waals surface area contributed by atoms with Crippen LogP contribution in [-0.4, -0.2) is 55.5 Å². The van der Waals surface area contributed by atoms with Gasteiger partial charge in [-0.25, -0.2) is 4.79 Å². The standard InChI is InChI=1S/C19H17F13O3/c1-4-35-12(33)10-6-5-7-11(8-10)13(2,34-3)9-14(20,21)15(22,23)16(24,25)17(26,27)18(28,29)19(30,31)32/h5-8H,4,9H2,1-3H3. The van der Waals surface area contributed by atoms with E-state index < -0.39 is 59.3 Å². The van der Waals surface area contributed by atoms with Gasteiger partial charge in [-0.1, -0.05) is 12.1 Å². The van der Waals surface area contributed by atoms with Crippen LogP contribution < -0.4 is 0 Å². The maximum atomic E-state index is 14.4. The minimum atomic E-state index is -7.99. The lowest BCUT2D eigenvalue weighted by Crippen LogP contribution is -2.70. The van der Waals surface area contributed by atoms with Gasteiger partial charge in [0.05, 0.1) is 24.2 Å². The molecule has 202 valence electrons. The molecule has 0 N–H and O–H groups in total. The molecule has 0 bridgehead atoms. The summed E-state index contributed by atoms with van der Waals surface area (Å²) in [5, 5.41) is 0. The molecule has 0 saturated heterocycles. The molecule has 0 fully saturated rings. The molecule has 0 aliphatic carbocycles. The average molecular weight is 540 g/mol. The van der Waals surface area contributed by atoms with Crippen LogP contribution in [0, 0.1) is 0 Å². The number of halogens is 13. The summed E-state index contributed by atoms with van der Waals surface area (Å²) in [6.07, 6.45) is -10.1. The number of esters is 1. The topological polar surface area (TPSA) is 35.5 Å². The van der Waals surface area contributed by atoms with E-state index in [-0.39, 0.29) is 12.2 Å². The Hall–Kier alpha value is -2.26. The molecule has 1 rings (SSSR count). The summed E-state index contributed by atoms with van der Waals surface area (Å²) in [4.78, 5) is 11.8. The molecule has 35 heavy (non-hydrogen) atoms. The van der Waals surface area contributed by atoms with Gasteiger partial charge in [0.15, 0.2) is 0 Å². The summed E-state index contributed by atoms with van der Waals surface area (Å²) in [5.74, 6) is -38.5. The summed E-state index contributed by atoms with van der Waals surface area (Å²) >= 11 is 0. The third-order valence-electron chi connectivity index (χ3n) is 4.99. The first-order chi connectivity index (χ1) is 15.5. The highest BCUT2D eigenvalue weighted by molar-refractivity contribution is 5.89. The monoisotopic (exact) mass is 540 g/mol. The van der Waals surface area contributed by atoms with E-state index >= 15 is 0 Å². The Morgan fingerprint density at radius 2 is 1.29 bits per heavy atom. The molecular formula is C19H17F13O3. The minimum absolute atomic E-state index is 0.152. The highest BCUT2D eigenvalue weighted by Gasteiger charge is 2.90. The van der Waals surface area contributed by atoms with E-state index in [9.17, 15) is 61.9 Å². The van der Waals surface area contributed by atoms with Crippen LogP contribution in [0.25, 0.3) is 0 Å². The van der Waals surface area contributed by atoms with Gasteiger partial charge in [0.25, 0.3) is 0 Å². The first-order valence-corrected chi connectivity index (χ1v) is 9.25. The summed E-state index contributed by atoms with van der Waals surface area (Å²) in [5.41, 5.74) is -3.70. The number of benzene rings is 1. The van der Waals surface area contributed by atoms with Crippen LogP contribution in [0.5, 0.6) is 0 Å². The van der Waals surface area contributed by atoms with Crippen molar-refractivity contribution >= 4 is 5.97 Å². The second kappa shape index (κ2) is 9.32. The molecule has 1 aromatic rings. The summed E-state index contributed by atoms with van der Waals surface area (Å²) in [6.45, 7) is 1.81. The fraction of sp³-hybridized carbons (Fsp3) is 0.632. The highest BCUT2D eigenvalue weighted by Crippen LogP contribution is 2.61. The molecule has 0 spiro atoms. The molecule has 0 aliphatic rings. The zero-order chi connectivity index (χ0) is 27.9. The Kier molecular flexibility index (Phi) is 8.19. The summed E-state index contributed by atoms with van der Waals surface area (Å²) < 4.78 is 183. The van der Waals surface area contributed by atoms with Gasteiger partial charge in [0.1, 0.15) is 0 Å². The predicted octanol–water partition coefficient (Wildman–Crippen LogP) is 6.85. The largest absolute Gasteiger partial charge is 0.462 e. The zero-order valence-corrected chi connectivity index (χ0v) is 17.9. The van der Waals surface area contributed by atoms with Crippen LogP contribution in [0.15, 0.2) is 24.3 Å². The molecule has 16 heteroatoms. The molecule has 0 aromatic heterocycles. The number of hydrogen-bond acceptors (Lipinski definition) is 3. The van der Waals surface area contributed by atoms with Crippen molar-refractivity contribution in [1.82, 2.24) is 0 Å². The Balaban J connectivity index is 3.53. The number of carbonyl (C=O) groups is 1. The van der Waals surface area contributed by atoms with Crippen molar-refractivity contribution < 1.29 is 71.3 Å². The van der Waals surface area contributed by atoms with Gasteiger partial charge in [-0.3, -0.25) is 0 Å². The second-order valence-corrected chi connectivity index (χ2v) is 7.41. The Morgan fingerprint density at radius 1 is 0.800 bits per heavy atom. The molecule has 1 unspecified atom stereocenters. The molecule has 1 atom stereocenters. The van der Waals surface area contributed by atoms with E-state index in [0.29, 0.717) is 14.0 Å². The molecule has 0 amide bonds. The quantitative estimate of drug-likeness (QED) is 0.241. The smallest absolute Gasteiger partial charge is 0.460 e. The number of carbonyl (C=O) groups excluding carboxylic acids is 1. The molecule has 0 radical (unpaired) electrons. The van der Waals surface area contributed by atoms with E-state index in [0.717, 1.165) is 24.3 Å². The van der Waals surface area contributed by atoms with Crippen molar-refractivity contribution in [3.05, 3.63) is 35.4 Å². The van der Waals surface area contributed by atoms with Crippen molar-refractivity contribution in [2.75, 3.05) is 13.7 Å². The summed E-state index contributed by atoms with van der Waals surface area (Å²) in [7, 11) is 0.593. The number of alkyl halides is 13. The van der Waals surface area contributed by atoms with Crippen molar-refractivity contribution in [2.45, 2.75) is 61.7 Å². The van der Waals surface area contributed by atoms with Gasteiger partial charge in [-0.2, -0.15) is 57.1 Å². The van der Waals surface area contributed by atoms with Crippen LogP contribution in [0.4, 0.5) is 57.1 Å². The minimum Gasteiger partial charge on any atom is -0.462 e. The first kappa shape index (κ1) is 30.8. The lowest BCUT2D eigenvalue weighted by Gasteiger charge is -2.42. The number of rotatable bonds is 10. The SMILES string of the molecule is CCOC(=O)c1cccc(C(C)(CC(F)(F)C(F)(F)C(F)(F)C(F)(F)C(F)(F)C(F)(F)F)OC)c1. The number of ether oxygens (including phenoxy) is 2. The molecular weight excluding hydrogens is 523 g/mol.